The fourth-order valence-electron chi connectivity index (χ4n) is 2.18. The molecule has 14 heavy (non-hydrogen) atoms. The van der Waals surface area contributed by atoms with E-state index in [4.69, 9.17) is 4.74 Å². The lowest BCUT2D eigenvalue weighted by Crippen LogP contribution is -2.61. The van der Waals surface area contributed by atoms with Crippen LogP contribution in [0.3, 0.4) is 0 Å². The van der Waals surface area contributed by atoms with E-state index < -0.39 is 0 Å². The smallest absolute Gasteiger partial charge is 0.0645 e. The van der Waals surface area contributed by atoms with Gasteiger partial charge in [0.25, 0.3) is 0 Å². The first-order valence-corrected chi connectivity index (χ1v) is 5.24. The molecule has 0 spiro atoms. The molecule has 2 aliphatic heterocycles. The fourth-order valence-corrected chi connectivity index (χ4v) is 2.18. The highest BCUT2D eigenvalue weighted by Crippen LogP contribution is 2.25. The summed E-state index contributed by atoms with van der Waals surface area (Å²) in [4.78, 5) is 2.55. The van der Waals surface area contributed by atoms with Gasteiger partial charge >= 0.3 is 0 Å². The zero-order chi connectivity index (χ0) is 9.38. The van der Waals surface area contributed by atoms with Gasteiger partial charge in [0.05, 0.1) is 25.8 Å². The van der Waals surface area contributed by atoms with Gasteiger partial charge in [-0.25, -0.2) is 0 Å². The zero-order valence-corrected chi connectivity index (χ0v) is 8.17. The molecule has 0 N–H and O–H groups in total. The molecule has 2 saturated heterocycles. The summed E-state index contributed by atoms with van der Waals surface area (Å²) in [7, 11) is 0. The van der Waals surface area contributed by atoms with E-state index in [0.717, 1.165) is 19.8 Å². The molecule has 3 rings (SSSR count). The van der Waals surface area contributed by atoms with Crippen LogP contribution in [0.2, 0.25) is 0 Å². The Labute approximate surface area is 83.5 Å². The predicted molar refractivity (Wildman–Crippen MR) is 51.9 cm³/mol. The third-order valence-corrected chi connectivity index (χ3v) is 3.24. The van der Waals surface area contributed by atoms with Gasteiger partial charge in [0.15, 0.2) is 0 Å². The monoisotopic (exact) mass is 193 g/mol. The average molecular weight is 193 g/mol. The first kappa shape index (κ1) is 8.44. The lowest BCUT2D eigenvalue weighted by molar-refractivity contribution is -0.112. The molecule has 0 saturated carbocycles. The van der Waals surface area contributed by atoms with Crippen LogP contribution in [0.4, 0.5) is 0 Å². The van der Waals surface area contributed by atoms with E-state index in [2.05, 4.69) is 10.00 Å². The summed E-state index contributed by atoms with van der Waals surface area (Å²) in [6, 6.07) is 3.35. The maximum absolute atomic E-state index is 5.21. The maximum atomic E-state index is 5.21. The van der Waals surface area contributed by atoms with Crippen LogP contribution in [-0.2, 0) is 11.3 Å². The van der Waals surface area contributed by atoms with Crippen molar-refractivity contribution in [3.63, 3.8) is 0 Å². The molecule has 1 atom stereocenters. The molecule has 0 bridgehead atoms. The molecule has 4 nitrogen and oxygen atoms in total. The average Bonchev–Trinajstić information content (AvgIpc) is 2.57. The number of hydrogen-bond acceptors (Lipinski definition) is 3. The van der Waals surface area contributed by atoms with Crippen molar-refractivity contribution in [2.75, 3.05) is 19.8 Å². The van der Waals surface area contributed by atoms with Crippen molar-refractivity contribution in [3.05, 3.63) is 18.5 Å². The Kier molecular flexibility index (Phi) is 2.03. The molecule has 2 aliphatic rings. The number of rotatable bonds is 3. The van der Waals surface area contributed by atoms with Crippen molar-refractivity contribution in [3.8, 4) is 0 Å². The first-order valence-electron chi connectivity index (χ1n) is 5.24. The van der Waals surface area contributed by atoms with Crippen LogP contribution in [0.15, 0.2) is 18.5 Å². The van der Waals surface area contributed by atoms with E-state index >= 15 is 0 Å². The molecule has 0 aromatic carbocycles. The normalized spacial score (nSPS) is 28.4. The summed E-state index contributed by atoms with van der Waals surface area (Å²) in [6.07, 6.45) is 5.18. The van der Waals surface area contributed by atoms with E-state index in [1.54, 1.807) is 0 Å². The van der Waals surface area contributed by atoms with Crippen LogP contribution in [0.5, 0.6) is 0 Å². The minimum absolute atomic E-state index is 0.684. The van der Waals surface area contributed by atoms with Crippen LogP contribution < -0.4 is 0 Å². The van der Waals surface area contributed by atoms with E-state index in [9.17, 15) is 0 Å². The number of ether oxygens (including phenoxy) is 1. The molecule has 0 radical (unpaired) electrons. The van der Waals surface area contributed by atoms with Gasteiger partial charge in [0.2, 0.25) is 0 Å². The quantitative estimate of drug-likeness (QED) is 0.694. The van der Waals surface area contributed by atoms with Crippen LogP contribution in [0.1, 0.15) is 6.42 Å². The van der Waals surface area contributed by atoms with Gasteiger partial charge < -0.3 is 4.74 Å². The lowest BCUT2D eigenvalue weighted by atomic mass is 9.99. The van der Waals surface area contributed by atoms with Crippen molar-refractivity contribution in [2.45, 2.75) is 25.0 Å². The zero-order valence-electron chi connectivity index (χ0n) is 8.17. The highest BCUT2D eigenvalue weighted by molar-refractivity contribution is 4.91. The summed E-state index contributed by atoms with van der Waals surface area (Å²) < 4.78 is 7.24. The molecule has 0 aliphatic carbocycles. The standard InChI is InChI=1S/C10H15N3O/c1-3-11-12(4-1)6-9-2-5-13(9)10-7-14-8-10/h1,3-4,9-10H,2,5-8H2/t9-/m1/s1. The van der Waals surface area contributed by atoms with Crippen LogP contribution in [-0.4, -0.2) is 46.5 Å². The number of nitrogens with zero attached hydrogens (tertiary/aromatic N) is 3. The Bertz CT molecular complexity index is 294. The number of aromatic nitrogens is 2. The molecule has 4 heteroatoms. The van der Waals surface area contributed by atoms with Crippen molar-refractivity contribution >= 4 is 0 Å². The van der Waals surface area contributed by atoms with Gasteiger partial charge in [-0.2, -0.15) is 5.10 Å². The minimum atomic E-state index is 0.684. The summed E-state index contributed by atoms with van der Waals surface area (Å²) >= 11 is 0. The molecule has 3 heterocycles. The Hall–Kier alpha value is -0.870. The second kappa shape index (κ2) is 3.37. The second-order valence-corrected chi connectivity index (χ2v) is 4.10. The van der Waals surface area contributed by atoms with Crippen molar-refractivity contribution in [2.24, 2.45) is 0 Å². The van der Waals surface area contributed by atoms with Gasteiger partial charge in [-0.3, -0.25) is 9.58 Å². The van der Waals surface area contributed by atoms with Crippen molar-refractivity contribution < 1.29 is 4.74 Å². The van der Waals surface area contributed by atoms with Gasteiger partial charge in [0, 0.05) is 25.0 Å². The van der Waals surface area contributed by atoms with Gasteiger partial charge in [-0.05, 0) is 12.5 Å². The Morgan fingerprint density at radius 1 is 1.43 bits per heavy atom. The Morgan fingerprint density at radius 3 is 2.86 bits per heavy atom. The topological polar surface area (TPSA) is 30.3 Å². The Balaban J connectivity index is 1.58. The largest absolute Gasteiger partial charge is 0.378 e. The molecular weight excluding hydrogens is 178 g/mol. The maximum Gasteiger partial charge on any atom is 0.0645 e. The fraction of sp³-hybridized carbons (Fsp3) is 0.700. The number of likely N-dealkylation sites (tertiary alicyclic amines) is 1. The molecule has 0 amide bonds. The predicted octanol–water partition coefficient (Wildman–Crippen LogP) is 0.356. The highest BCUT2D eigenvalue weighted by atomic mass is 16.5. The SMILES string of the molecule is c1cnn(C[C@H]2CCN2C2COC2)c1. The summed E-state index contributed by atoms with van der Waals surface area (Å²) in [6.45, 7) is 4.12. The molecule has 2 fully saturated rings. The van der Waals surface area contributed by atoms with Crippen LogP contribution in [0.25, 0.3) is 0 Å². The van der Waals surface area contributed by atoms with Gasteiger partial charge in [-0.15, -0.1) is 0 Å². The molecule has 76 valence electrons. The first-order chi connectivity index (χ1) is 6.93. The highest BCUT2D eigenvalue weighted by Gasteiger charge is 2.37. The minimum Gasteiger partial charge on any atom is -0.378 e. The van der Waals surface area contributed by atoms with E-state index in [-0.39, 0.29) is 0 Å². The third-order valence-electron chi connectivity index (χ3n) is 3.24. The third kappa shape index (κ3) is 1.35. The van der Waals surface area contributed by atoms with Gasteiger partial charge in [0.1, 0.15) is 0 Å². The summed E-state index contributed by atoms with van der Waals surface area (Å²) in [5.41, 5.74) is 0. The molecule has 1 aromatic heterocycles. The van der Waals surface area contributed by atoms with Crippen molar-refractivity contribution in [1.82, 2.24) is 14.7 Å². The van der Waals surface area contributed by atoms with Gasteiger partial charge in [-0.1, -0.05) is 0 Å². The van der Waals surface area contributed by atoms with E-state index in [1.807, 2.05) is 23.1 Å². The van der Waals surface area contributed by atoms with E-state index in [0.29, 0.717) is 12.1 Å². The molecular formula is C10H15N3O. The summed E-state index contributed by atoms with van der Waals surface area (Å²) in [5.74, 6) is 0. The molecule has 1 aromatic rings. The van der Waals surface area contributed by atoms with Crippen LogP contribution in [0, 0.1) is 0 Å². The molecule has 0 unspecified atom stereocenters. The summed E-state index contributed by atoms with van der Waals surface area (Å²) in [5, 5.41) is 4.23. The lowest BCUT2D eigenvalue weighted by Gasteiger charge is -2.49. The Morgan fingerprint density at radius 2 is 2.36 bits per heavy atom. The second-order valence-electron chi connectivity index (χ2n) is 4.10. The van der Waals surface area contributed by atoms with Crippen molar-refractivity contribution in [1.29, 1.82) is 0 Å². The number of hydrogen-bond donors (Lipinski definition) is 0. The van der Waals surface area contributed by atoms with Crippen LogP contribution >= 0.6 is 0 Å². The van der Waals surface area contributed by atoms with E-state index in [1.165, 1.54) is 13.0 Å².